The van der Waals surface area contributed by atoms with E-state index < -0.39 is 11.5 Å². The summed E-state index contributed by atoms with van der Waals surface area (Å²) in [7, 11) is 3.05. The van der Waals surface area contributed by atoms with E-state index in [-0.39, 0.29) is 16.8 Å². The van der Waals surface area contributed by atoms with Crippen molar-refractivity contribution in [1.29, 1.82) is 5.26 Å². The van der Waals surface area contributed by atoms with Crippen LogP contribution in [0.3, 0.4) is 0 Å². The first-order valence-corrected chi connectivity index (χ1v) is 9.56. The van der Waals surface area contributed by atoms with Crippen molar-refractivity contribution in [2.45, 2.75) is 13.8 Å². The number of hydrogen-bond donors (Lipinski definition) is 1. The van der Waals surface area contributed by atoms with Crippen molar-refractivity contribution < 1.29 is 14.3 Å². The molecule has 1 amide bonds. The maximum absolute atomic E-state index is 12.8. The van der Waals surface area contributed by atoms with Crippen molar-refractivity contribution in [3.05, 3.63) is 80.8 Å². The summed E-state index contributed by atoms with van der Waals surface area (Å²) < 4.78 is 11.5. The van der Waals surface area contributed by atoms with Crippen molar-refractivity contribution in [2.24, 2.45) is 5.10 Å². The van der Waals surface area contributed by atoms with Gasteiger partial charge in [0.25, 0.3) is 11.5 Å². The van der Waals surface area contributed by atoms with Gasteiger partial charge in [-0.15, -0.1) is 0 Å². The van der Waals surface area contributed by atoms with Crippen molar-refractivity contribution >= 4 is 12.1 Å². The molecular formula is C23H21N5O4. The van der Waals surface area contributed by atoms with Gasteiger partial charge in [0, 0.05) is 17.2 Å². The molecule has 0 saturated carbocycles. The Balaban J connectivity index is 1.94. The molecule has 0 saturated heterocycles. The molecule has 162 valence electrons. The molecule has 2 aromatic carbocycles. The average molecular weight is 431 g/mol. The second kappa shape index (κ2) is 9.57. The molecule has 0 aliphatic heterocycles. The van der Waals surface area contributed by atoms with Gasteiger partial charge in [0.15, 0.2) is 5.69 Å². The Bertz CT molecular complexity index is 1290. The minimum atomic E-state index is -0.663. The van der Waals surface area contributed by atoms with Crippen molar-refractivity contribution in [1.82, 2.24) is 15.2 Å². The van der Waals surface area contributed by atoms with Crippen LogP contribution in [0.4, 0.5) is 0 Å². The molecule has 32 heavy (non-hydrogen) atoms. The molecule has 0 aliphatic carbocycles. The van der Waals surface area contributed by atoms with Crippen LogP contribution in [0.5, 0.6) is 11.5 Å². The number of carbonyl (C=O) groups excluding carboxylic acids is 1. The minimum Gasteiger partial charge on any atom is -0.497 e. The normalized spacial score (nSPS) is 10.6. The highest BCUT2D eigenvalue weighted by Gasteiger charge is 2.20. The van der Waals surface area contributed by atoms with Gasteiger partial charge in [0.05, 0.1) is 26.1 Å². The summed E-state index contributed by atoms with van der Waals surface area (Å²) in [6.07, 6.45) is 1.41. The molecule has 0 atom stereocenters. The summed E-state index contributed by atoms with van der Waals surface area (Å²) in [5.74, 6) is 0.463. The molecule has 1 aromatic heterocycles. The molecule has 0 fully saturated rings. The molecule has 1 N–H and O–H groups in total. The first kappa shape index (κ1) is 22.2. The predicted molar refractivity (Wildman–Crippen MR) is 119 cm³/mol. The summed E-state index contributed by atoms with van der Waals surface area (Å²) in [4.78, 5) is 25.5. The van der Waals surface area contributed by atoms with E-state index in [1.54, 1.807) is 37.4 Å². The van der Waals surface area contributed by atoms with Crippen LogP contribution < -0.4 is 20.5 Å². The summed E-state index contributed by atoms with van der Waals surface area (Å²) in [6.45, 7) is 3.40. The predicted octanol–water partition coefficient (Wildman–Crippen LogP) is 2.50. The third kappa shape index (κ3) is 4.49. The third-order valence-corrected chi connectivity index (χ3v) is 4.75. The van der Waals surface area contributed by atoms with Gasteiger partial charge in [-0.25, -0.2) is 5.43 Å². The van der Waals surface area contributed by atoms with Crippen LogP contribution in [-0.4, -0.2) is 36.1 Å². The smallest absolute Gasteiger partial charge is 0.292 e. The van der Waals surface area contributed by atoms with E-state index in [1.807, 2.05) is 25.1 Å². The number of ether oxygens (including phenoxy) is 2. The number of nitriles is 1. The summed E-state index contributed by atoms with van der Waals surface area (Å²) >= 11 is 0. The number of hydrazone groups is 1. The van der Waals surface area contributed by atoms with Gasteiger partial charge in [-0.3, -0.25) is 9.59 Å². The Kier molecular flexibility index (Phi) is 6.65. The van der Waals surface area contributed by atoms with Crippen LogP contribution in [0.1, 0.15) is 32.7 Å². The molecule has 0 aliphatic rings. The first-order chi connectivity index (χ1) is 15.4. The van der Waals surface area contributed by atoms with Gasteiger partial charge in [-0.05, 0) is 38.1 Å². The van der Waals surface area contributed by atoms with Crippen molar-refractivity contribution in [3.8, 4) is 23.3 Å². The highest BCUT2D eigenvalue weighted by molar-refractivity contribution is 5.95. The third-order valence-electron chi connectivity index (χ3n) is 4.75. The molecule has 0 bridgehead atoms. The molecule has 0 spiro atoms. The van der Waals surface area contributed by atoms with Gasteiger partial charge in [0.2, 0.25) is 0 Å². The van der Waals surface area contributed by atoms with E-state index in [9.17, 15) is 14.9 Å². The fraction of sp³-hybridized carbons (Fsp3) is 0.174. The lowest BCUT2D eigenvalue weighted by molar-refractivity contribution is 0.0947. The lowest BCUT2D eigenvalue weighted by Gasteiger charge is -2.11. The second-order valence-corrected chi connectivity index (χ2v) is 6.82. The Hall–Kier alpha value is -4.45. The maximum Gasteiger partial charge on any atom is 0.292 e. The van der Waals surface area contributed by atoms with E-state index in [2.05, 4.69) is 15.6 Å². The number of methoxy groups -OCH3 is 2. The number of hydrogen-bond acceptors (Lipinski definition) is 7. The number of amides is 1. The zero-order chi connectivity index (χ0) is 23.3. The van der Waals surface area contributed by atoms with Crippen molar-refractivity contribution in [2.75, 3.05) is 14.2 Å². The van der Waals surface area contributed by atoms with Crippen LogP contribution in [0, 0.1) is 25.2 Å². The Morgan fingerprint density at radius 1 is 1.16 bits per heavy atom. The average Bonchev–Trinajstić information content (AvgIpc) is 2.80. The Morgan fingerprint density at radius 3 is 2.50 bits per heavy atom. The number of nitrogens with one attached hydrogen (secondary N) is 1. The standard InChI is InChI=1S/C23H21N5O4/c1-14-5-8-17(9-6-14)28-23(30)19(12-24)15(2)21(27-28)22(29)26-25-13-16-7-10-18(31-3)11-20(16)32-4/h5-11,13H,1-4H3,(H,26,29)/b25-13+. The number of nitrogens with zero attached hydrogens (tertiary/aromatic N) is 4. The molecular weight excluding hydrogens is 410 g/mol. The SMILES string of the molecule is COc1ccc(/C=N/NC(=O)c2nn(-c3ccc(C)cc3)c(=O)c(C#N)c2C)c(OC)c1. The Morgan fingerprint density at radius 2 is 1.88 bits per heavy atom. The van der Waals surface area contributed by atoms with Gasteiger partial charge in [-0.1, -0.05) is 17.7 Å². The Labute approximate surface area is 184 Å². The summed E-state index contributed by atoms with van der Waals surface area (Å²) in [5.41, 5.74) is 3.77. The number of aromatic nitrogens is 2. The quantitative estimate of drug-likeness (QED) is 0.473. The van der Waals surface area contributed by atoms with Gasteiger partial charge in [0.1, 0.15) is 23.1 Å². The number of aryl methyl sites for hydroxylation is 1. The highest BCUT2D eigenvalue weighted by atomic mass is 16.5. The van der Waals surface area contributed by atoms with Crippen molar-refractivity contribution in [3.63, 3.8) is 0 Å². The fourth-order valence-corrected chi connectivity index (χ4v) is 2.95. The molecule has 3 aromatic rings. The maximum atomic E-state index is 12.8. The van der Waals surface area contributed by atoms with E-state index >= 15 is 0 Å². The molecule has 1 heterocycles. The largest absolute Gasteiger partial charge is 0.497 e. The van der Waals surface area contributed by atoms with Gasteiger partial charge in [-0.2, -0.15) is 20.1 Å². The van der Waals surface area contributed by atoms with Crippen LogP contribution in [0.25, 0.3) is 5.69 Å². The van der Waals surface area contributed by atoms with Crippen LogP contribution in [-0.2, 0) is 0 Å². The lowest BCUT2D eigenvalue weighted by Crippen LogP contribution is -2.31. The number of benzene rings is 2. The van der Waals surface area contributed by atoms with Gasteiger partial charge >= 0.3 is 0 Å². The second-order valence-electron chi connectivity index (χ2n) is 6.82. The monoisotopic (exact) mass is 431 g/mol. The minimum absolute atomic E-state index is 0.0828. The number of carbonyl (C=O) groups is 1. The molecule has 9 heteroatoms. The first-order valence-electron chi connectivity index (χ1n) is 9.56. The molecule has 0 radical (unpaired) electrons. The van der Waals surface area contributed by atoms with Crippen LogP contribution in [0.2, 0.25) is 0 Å². The zero-order valence-electron chi connectivity index (χ0n) is 18.0. The number of rotatable bonds is 6. The molecule has 9 nitrogen and oxygen atoms in total. The summed E-state index contributed by atoms with van der Waals surface area (Å²) in [6, 6.07) is 14.0. The zero-order valence-corrected chi connectivity index (χ0v) is 18.0. The molecule has 3 rings (SSSR count). The lowest BCUT2D eigenvalue weighted by atomic mass is 10.1. The fourth-order valence-electron chi connectivity index (χ4n) is 2.95. The summed E-state index contributed by atoms with van der Waals surface area (Å²) in [5, 5.41) is 17.6. The van der Waals surface area contributed by atoms with E-state index in [0.717, 1.165) is 10.2 Å². The van der Waals surface area contributed by atoms with Crippen LogP contribution in [0.15, 0.2) is 52.4 Å². The highest BCUT2D eigenvalue weighted by Crippen LogP contribution is 2.23. The van der Waals surface area contributed by atoms with E-state index in [1.165, 1.54) is 20.2 Å². The molecule has 0 unspecified atom stereocenters. The van der Waals surface area contributed by atoms with E-state index in [4.69, 9.17) is 9.47 Å². The van der Waals surface area contributed by atoms with E-state index in [0.29, 0.717) is 22.7 Å². The topological polar surface area (TPSA) is 119 Å². The van der Waals surface area contributed by atoms with Gasteiger partial charge < -0.3 is 9.47 Å². The van der Waals surface area contributed by atoms with Crippen LogP contribution >= 0.6 is 0 Å².